The third kappa shape index (κ3) is 3.81. The molecule has 0 aliphatic rings. The van der Waals surface area contributed by atoms with Crippen LogP contribution in [0.1, 0.15) is 24.2 Å². The van der Waals surface area contributed by atoms with E-state index in [1.807, 2.05) is 19.9 Å². The number of aromatic amines is 1. The maximum atomic E-state index is 11.5. The minimum absolute atomic E-state index is 0.191. The maximum Gasteiger partial charge on any atom is 0.253 e. The van der Waals surface area contributed by atoms with E-state index in [4.69, 9.17) is 0 Å². The lowest BCUT2D eigenvalue weighted by atomic mass is 10.2. The van der Waals surface area contributed by atoms with Gasteiger partial charge in [0.05, 0.1) is 5.56 Å². The molecule has 1 aromatic rings. The van der Waals surface area contributed by atoms with Crippen LogP contribution in [0, 0.1) is 0 Å². The molecule has 1 heterocycles. The number of hydrogen-bond acceptors (Lipinski definition) is 2. The fourth-order valence-electron chi connectivity index (χ4n) is 1.00. The topological polar surface area (TPSA) is 62.0 Å². The molecule has 0 atom stereocenters. The zero-order valence-corrected chi connectivity index (χ0v) is 8.83. The van der Waals surface area contributed by atoms with Crippen LogP contribution in [0.3, 0.4) is 0 Å². The second-order valence-corrected chi connectivity index (χ2v) is 3.43. The van der Waals surface area contributed by atoms with Gasteiger partial charge in [-0.05, 0) is 19.9 Å². The lowest BCUT2D eigenvalue weighted by Gasteiger charge is -2.01. The van der Waals surface area contributed by atoms with Crippen molar-refractivity contribution >= 4 is 5.91 Å². The molecule has 0 saturated heterocycles. The molecule has 2 N–H and O–H groups in total. The Morgan fingerprint density at radius 3 is 2.73 bits per heavy atom. The molecule has 0 aliphatic carbocycles. The Kier molecular flexibility index (Phi) is 3.85. The summed E-state index contributed by atoms with van der Waals surface area (Å²) in [5, 5.41) is 2.71. The second-order valence-electron chi connectivity index (χ2n) is 3.43. The van der Waals surface area contributed by atoms with E-state index in [1.54, 1.807) is 0 Å². The highest BCUT2D eigenvalue weighted by atomic mass is 16.1. The van der Waals surface area contributed by atoms with Gasteiger partial charge >= 0.3 is 0 Å². The number of nitrogens with one attached hydrogen (secondary N) is 2. The molecule has 0 aliphatic heterocycles. The molecule has 80 valence electrons. The highest BCUT2D eigenvalue weighted by Crippen LogP contribution is 1.93. The summed E-state index contributed by atoms with van der Waals surface area (Å²) >= 11 is 0. The summed E-state index contributed by atoms with van der Waals surface area (Å²) in [5.74, 6) is -0.191. The fraction of sp³-hybridized carbons (Fsp3) is 0.273. The van der Waals surface area contributed by atoms with Crippen molar-refractivity contribution in [3.05, 3.63) is 45.9 Å². The van der Waals surface area contributed by atoms with Gasteiger partial charge in [-0.3, -0.25) is 9.59 Å². The highest BCUT2D eigenvalue weighted by molar-refractivity contribution is 5.93. The summed E-state index contributed by atoms with van der Waals surface area (Å²) in [4.78, 5) is 24.7. The van der Waals surface area contributed by atoms with Gasteiger partial charge in [-0.15, -0.1) is 0 Å². The molecule has 1 aromatic heterocycles. The molecule has 1 rings (SSSR count). The summed E-state index contributed by atoms with van der Waals surface area (Å²) in [5.41, 5.74) is 1.39. The van der Waals surface area contributed by atoms with Gasteiger partial charge in [0.1, 0.15) is 0 Å². The lowest BCUT2D eigenvalue weighted by Crippen LogP contribution is -2.24. The summed E-state index contributed by atoms with van der Waals surface area (Å²) in [6.07, 6.45) is 3.32. The third-order valence-corrected chi connectivity index (χ3v) is 1.82. The van der Waals surface area contributed by atoms with Crippen LogP contribution in [0.2, 0.25) is 0 Å². The zero-order valence-electron chi connectivity index (χ0n) is 8.83. The van der Waals surface area contributed by atoms with Gasteiger partial charge in [0.2, 0.25) is 5.56 Å². The number of hydrogen-bond donors (Lipinski definition) is 2. The van der Waals surface area contributed by atoms with Gasteiger partial charge < -0.3 is 10.3 Å². The predicted molar refractivity (Wildman–Crippen MR) is 58.8 cm³/mol. The van der Waals surface area contributed by atoms with Crippen molar-refractivity contribution in [2.75, 3.05) is 6.54 Å². The normalized spacial score (nSPS) is 9.47. The van der Waals surface area contributed by atoms with Crippen molar-refractivity contribution in [1.29, 1.82) is 0 Å². The van der Waals surface area contributed by atoms with Crippen LogP contribution in [0.5, 0.6) is 0 Å². The monoisotopic (exact) mass is 206 g/mol. The molecule has 0 aromatic carbocycles. The number of pyridine rings is 1. The van der Waals surface area contributed by atoms with E-state index in [1.165, 1.54) is 18.3 Å². The van der Waals surface area contributed by atoms with Gasteiger partial charge in [-0.2, -0.15) is 0 Å². The van der Waals surface area contributed by atoms with Crippen molar-refractivity contribution in [1.82, 2.24) is 10.3 Å². The van der Waals surface area contributed by atoms with Crippen LogP contribution >= 0.6 is 0 Å². The SMILES string of the molecule is CC(C)=CCNC(=O)c1ccc(=O)[nH]c1. The number of aromatic nitrogens is 1. The molecule has 0 radical (unpaired) electrons. The first kappa shape index (κ1) is 11.2. The lowest BCUT2D eigenvalue weighted by molar-refractivity contribution is 0.0957. The van der Waals surface area contributed by atoms with E-state index < -0.39 is 0 Å². The van der Waals surface area contributed by atoms with Gasteiger partial charge in [-0.1, -0.05) is 11.6 Å². The minimum atomic E-state index is -0.212. The summed E-state index contributed by atoms with van der Waals surface area (Å²) < 4.78 is 0. The number of carbonyl (C=O) groups excluding carboxylic acids is 1. The maximum absolute atomic E-state index is 11.5. The van der Waals surface area contributed by atoms with Gasteiger partial charge in [-0.25, -0.2) is 0 Å². The first-order valence-corrected chi connectivity index (χ1v) is 4.70. The van der Waals surface area contributed by atoms with Crippen LogP contribution in [-0.2, 0) is 0 Å². The van der Waals surface area contributed by atoms with Crippen molar-refractivity contribution in [3.63, 3.8) is 0 Å². The average molecular weight is 206 g/mol. The van der Waals surface area contributed by atoms with Crippen molar-refractivity contribution in [2.24, 2.45) is 0 Å². The Balaban J connectivity index is 2.58. The van der Waals surface area contributed by atoms with Gasteiger partial charge in [0.25, 0.3) is 5.91 Å². The first-order chi connectivity index (χ1) is 7.09. The number of rotatable bonds is 3. The number of carbonyl (C=O) groups is 1. The largest absolute Gasteiger partial charge is 0.349 e. The average Bonchev–Trinajstić information content (AvgIpc) is 2.18. The molecule has 0 spiro atoms. The Morgan fingerprint density at radius 2 is 2.20 bits per heavy atom. The van der Waals surface area contributed by atoms with E-state index in [9.17, 15) is 9.59 Å². The molecule has 4 nitrogen and oxygen atoms in total. The minimum Gasteiger partial charge on any atom is -0.349 e. The van der Waals surface area contributed by atoms with Crippen LogP contribution < -0.4 is 10.9 Å². The predicted octanol–water partition coefficient (Wildman–Crippen LogP) is 1.07. The molecular weight excluding hydrogens is 192 g/mol. The molecule has 1 amide bonds. The number of amides is 1. The molecule has 15 heavy (non-hydrogen) atoms. The Bertz CT molecular complexity index is 408. The van der Waals surface area contributed by atoms with E-state index in [-0.39, 0.29) is 11.5 Å². The quantitative estimate of drug-likeness (QED) is 0.727. The number of allylic oxidation sites excluding steroid dienone is 1. The summed E-state index contributed by atoms with van der Waals surface area (Å²) in [7, 11) is 0. The van der Waals surface area contributed by atoms with E-state index >= 15 is 0 Å². The van der Waals surface area contributed by atoms with Crippen LogP contribution in [-0.4, -0.2) is 17.4 Å². The smallest absolute Gasteiger partial charge is 0.253 e. The standard InChI is InChI=1S/C11H14N2O2/c1-8(2)5-6-12-11(15)9-3-4-10(14)13-7-9/h3-5,7H,6H2,1-2H3,(H,12,15)(H,13,14). The van der Waals surface area contributed by atoms with E-state index in [0.717, 1.165) is 5.57 Å². The molecule has 0 unspecified atom stereocenters. The van der Waals surface area contributed by atoms with Gasteiger partial charge in [0.15, 0.2) is 0 Å². The third-order valence-electron chi connectivity index (χ3n) is 1.82. The fourth-order valence-corrected chi connectivity index (χ4v) is 1.00. The summed E-state index contributed by atoms with van der Waals surface area (Å²) in [6, 6.07) is 2.83. The summed E-state index contributed by atoms with van der Waals surface area (Å²) in [6.45, 7) is 4.43. The van der Waals surface area contributed by atoms with Gasteiger partial charge in [0, 0.05) is 18.8 Å². The van der Waals surface area contributed by atoms with E-state index in [2.05, 4.69) is 10.3 Å². The van der Waals surface area contributed by atoms with Crippen LogP contribution in [0.15, 0.2) is 34.8 Å². The first-order valence-electron chi connectivity index (χ1n) is 4.70. The number of H-pyrrole nitrogens is 1. The van der Waals surface area contributed by atoms with Crippen LogP contribution in [0.4, 0.5) is 0 Å². The van der Waals surface area contributed by atoms with Crippen molar-refractivity contribution in [2.45, 2.75) is 13.8 Å². The molecule has 0 saturated carbocycles. The molecule has 0 fully saturated rings. The molecular formula is C11H14N2O2. The highest BCUT2D eigenvalue weighted by Gasteiger charge is 2.02. The zero-order chi connectivity index (χ0) is 11.3. The van der Waals surface area contributed by atoms with Crippen molar-refractivity contribution in [3.8, 4) is 0 Å². The molecule has 4 heteroatoms. The Morgan fingerprint density at radius 1 is 1.47 bits per heavy atom. The van der Waals surface area contributed by atoms with E-state index in [0.29, 0.717) is 12.1 Å². The van der Waals surface area contributed by atoms with Crippen molar-refractivity contribution < 1.29 is 4.79 Å². The molecule has 0 bridgehead atoms. The Labute approximate surface area is 88.0 Å². The van der Waals surface area contributed by atoms with Crippen LogP contribution in [0.25, 0.3) is 0 Å². The Hall–Kier alpha value is -1.84. The second kappa shape index (κ2) is 5.14.